The molecule has 0 saturated carbocycles. The van der Waals surface area contributed by atoms with Crippen molar-refractivity contribution >= 4 is 103 Å². The van der Waals surface area contributed by atoms with Gasteiger partial charge in [-0.1, -0.05) is 146 Å². The summed E-state index contributed by atoms with van der Waals surface area (Å²) in [5.74, 6) is 0. The van der Waals surface area contributed by atoms with E-state index in [0.29, 0.717) is 0 Å². The topological polar surface area (TPSA) is 21.3 Å². The second-order valence-corrected chi connectivity index (χ2v) is 17.1. The Hall–Kier alpha value is -7.92. The second kappa shape index (κ2) is 13.8. The first-order valence-corrected chi connectivity index (χ1v) is 21.9. The summed E-state index contributed by atoms with van der Waals surface area (Å²) < 4.78 is 11.9. The summed E-state index contributed by atoms with van der Waals surface area (Å²) in [4.78, 5) is 2.47. The molecule has 0 unspecified atom stereocenters. The molecule has 0 N–H and O–H groups in total. The van der Waals surface area contributed by atoms with Crippen LogP contribution in [0, 0.1) is 0 Å². The molecule has 0 amide bonds. The first kappa shape index (κ1) is 34.9. The van der Waals surface area contributed by atoms with Crippen LogP contribution < -0.4 is 4.90 Å². The molecule has 0 atom stereocenters. The molecule has 0 aliphatic heterocycles. The van der Waals surface area contributed by atoms with Gasteiger partial charge in [0.2, 0.25) is 0 Å². The fraction of sp³-hybridized carbons (Fsp3) is 0. The average molecular weight is 809 g/mol. The number of hydrogen-bond acceptors (Lipinski definition) is 3. The number of benzene rings is 10. The van der Waals surface area contributed by atoms with Gasteiger partial charge in [-0.25, -0.2) is 0 Å². The molecule has 3 nitrogen and oxygen atoms in total. The fourth-order valence-corrected chi connectivity index (χ4v) is 10.9. The summed E-state index contributed by atoms with van der Waals surface area (Å²) in [6.45, 7) is 0. The minimum Gasteiger partial charge on any atom is -0.455 e. The Kier molecular flexibility index (Phi) is 7.78. The number of fused-ring (bicyclic) bond motifs is 10. The van der Waals surface area contributed by atoms with Crippen LogP contribution in [0.3, 0.4) is 0 Å². The van der Waals surface area contributed by atoms with Gasteiger partial charge >= 0.3 is 0 Å². The molecule has 3 aromatic heterocycles. The first-order chi connectivity index (χ1) is 30.8. The van der Waals surface area contributed by atoms with E-state index < -0.39 is 0 Å². The van der Waals surface area contributed by atoms with Gasteiger partial charge in [-0.15, -0.1) is 11.3 Å². The van der Waals surface area contributed by atoms with Crippen molar-refractivity contribution in [2.75, 3.05) is 4.90 Å². The molecule has 0 saturated heterocycles. The molecule has 10 aromatic carbocycles. The second-order valence-electron chi connectivity index (χ2n) is 16.0. The monoisotopic (exact) mass is 808 g/mol. The number of aromatic nitrogens is 1. The third-order valence-electron chi connectivity index (χ3n) is 12.6. The Bertz CT molecular complexity index is 3830. The average Bonchev–Trinajstić information content (AvgIpc) is 4.01. The van der Waals surface area contributed by atoms with Crippen molar-refractivity contribution in [1.82, 2.24) is 4.57 Å². The van der Waals surface area contributed by atoms with Gasteiger partial charge in [0, 0.05) is 63.9 Å². The maximum absolute atomic E-state index is 6.97. The lowest BCUT2D eigenvalue weighted by molar-refractivity contribution is 0.670. The van der Waals surface area contributed by atoms with Crippen LogP contribution in [0.2, 0.25) is 0 Å². The van der Waals surface area contributed by atoms with Gasteiger partial charge in [-0.05, 0) is 89.3 Å². The molecular formula is C58H36N2OS. The smallest absolute Gasteiger partial charge is 0.145 e. The number of furan rings is 1. The van der Waals surface area contributed by atoms with Crippen LogP contribution in [0.5, 0.6) is 0 Å². The molecule has 0 bridgehead atoms. The molecule has 13 rings (SSSR count). The maximum atomic E-state index is 6.97. The third-order valence-corrected chi connectivity index (χ3v) is 13.8. The number of hydrogen-bond donors (Lipinski definition) is 0. The van der Waals surface area contributed by atoms with Gasteiger partial charge in [-0.3, -0.25) is 0 Å². The van der Waals surface area contributed by atoms with Crippen LogP contribution in [0.1, 0.15) is 0 Å². The van der Waals surface area contributed by atoms with Crippen LogP contribution in [0.15, 0.2) is 223 Å². The van der Waals surface area contributed by atoms with Crippen molar-refractivity contribution in [2.24, 2.45) is 0 Å². The largest absolute Gasteiger partial charge is 0.455 e. The minimum atomic E-state index is 0.863. The zero-order valence-electron chi connectivity index (χ0n) is 33.5. The molecule has 62 heavy (non-hydrogen) atoms. The van der Waals surface area contributed by atoms with E-state index in [-0.39, 0.29) is 0 Å². The highest BCUT2D eigenvalue weighted by Gasteiger charge is 2.26. The SMILES string of the molecule is c1ccc(N(c2ccc3c(oc4ccccc43)c2-c2ccc(-n3c4ccccc4c4ccccc43)cc2)c2cccc3ccccc23)c(-c2ccc3sc4ccccc4c3c2)c1. The molecule has 0 fully saturated rings. The maximum Gasteiger partial charge on any atom is 0.145 e. The molecule has 0 aliphatic carbocycles. The highest BCUT2D eigenvalue weighted by molar-refractivity contribution is 7.25. The van der Waals surface area contributed by atoms with E-state index in [4.69, 9.17) is 4.42 Å². The molecule has 290 valence electrons. The zero-order valence-corrected chi connectivity index (χ0v) is 34.3. The van der Waals surface area contributed by atoms with E-state index in [0.717, 1.165) is 61.4 Å². The van der Waals surface area contributed by atoms with Crippen LogP contribution >= 0.6 is 11.3 Å². The quantitative estimate of drug-likeness (QED) is 0.167. The lowest BCUT2D eigenvalue weighted by Crippen LogP contribution is -2.13. The van der Waals surface area contributed by atoms with Crippen LogP contribution in [0.25, 0.3) is 103 Å². The van der Waals surface area contributed by atoms with Crippen molar-refractivity contribution in [3.63, 3.8) is 0 Å². The van der Waals surface area contributed by atoms with Crippen LogP contribution in [-0.2, 0) is 0 Å². The number of para-hydroxylation sites is 4. The van der Waals surface area contributed by atoms with Gasteiger partial charge < -0.3 is 13.9 Å². The predicted molar refractivity (Wildman–Crippen MR) is 264 cm³/mol. The summed E-state index contributed by atoms with van der Waals surface area (Å²) in [7, 11) is 0. The Labute approximate surface area is 361 Å². The number of thiophene rings is 1. The number of rotatable bonds is 6. The van der Waals surface area contributed by atoms with E-state index in [1.165, 1.54) is 58.3 Å². The summed E-state index contributed by atoms with van der Waals surface area (Å²) in [5.41, 5.74) is 12.9. The Morgan fingerprint density at radius 3 is 1.82 bits per heavy atom. The van der Waals surface area contributed by atoms with Crippen LogP contribution in [-0.4, -0.2) is 4.57 Å². The van der Waals surface area contributed by atoms with Gasteiger partial charge in [0.25, 0.3) is 0 Å². The molecular weight excluding hydrogens is 773 g/mol. The van der Waals surface area contributed by atoms with Crippen molar-refractivity contribution < 1.29 is 4.42 Å². The summed E-state index contributed by atoms with van der Waals surface area (Å²) in [5, 5.41) is 9.61. The van der Waals surface area contributed by atoms with Crippen molar-refractivity contribution in [3.05, 3.63) is 218 Å². The minimum absolute atomic E-state index is 0.863. The molecule has 3 heterocycles. The molecule has 0 aliphatic rings. The highest BCUT2D eigenvalue weighted by Crippen LogP contribution is 2.50. The molecule has 4 heteroatoms. The van der Waals surface area contributed by atoms with E-state index in [9.17, 15) is 0 Å². The van der Waals surface area contributed by atoms with Gasteiger partial charge in [0.15, 0.2) is 0 Å². The summed E-state index contributed by atoms with van der Waals surface area (Å²) in [6, 6.07) is 79.3. The Balaban J connectivity index is 1.08. The Morgan fingerprint density at radius 1 is 0.387 bits per heavy atom. The normalized spacial score (nSPS) is 11.9. The van der Waals surface area contributed by atoms with E-state index in [1.807, 2.05) is 11.3 Å². The molecule has 0 radical (unpaired) electrons. The van der Waals surface area contributed by atoms with Crippen molar-refractivity contribution in [2.45, 2.75) is 0 Å². The number of nitrogens with zero attached hydrogens (tertiary/aromatic N) is 2. The predicted octanol–water partition coefficient (Wildman–Crippen LogP) is 17.0. The lowest BCUT2D eigenvalue weighted by atomic mass is 9.95. The van der Waals surface area contributed by atoms with Crippen molar-refractivity contribution in [1.29, 1.82) is 0 Å². The Morgan fingerprint density at radius 2 is 1.00 bits per heavy atom. The van der Waals surface area contributed by atoms with E-state index in [2.05, 4.69) is 228 Å². The lowest BCUT2D eigenvalue weighted by Gasteiger charge is -2.31. The van der Waals surface area contributed by atoms with E-state index in [1.54, 1.807) is 0 Å². The van der Waals surface area contributed by atoms with Crippen LogP contribution in [0.4, 0.5) is 17.1 Å². The first-order valence-electron chi connectivity index (χ1n) is 21.1. The fourth-order valence-electron chi connectivity index (χ4n) is 9.82. The molecule has 0 spiro atoms. The molecule has 13 aromatic rings. The third kappa shape index (κ3) is 5.30. The zero-order chi connectivity index (χ0) is 40.7. The summed E-state index contributed by atoms with van der Waals surface area (Å²) >= 11 is 1.85. The highest BCUT2D eigenvalue weighted by atomic mass is 32.1. The standard InChI is InChI=1S/C58H36N2OS/c1-2-16-41-37(14-1)15-13-25-50(41)60(49-22-8-3-17-42(49)39-30-35-56-48(36-39)46-21-7-12-27-55(46)62-56)53-34-33-47-45-20-6-11-26-54(45)61-58(47)57(53)38-28-31-40(32-29-38)59-51-23-9-4-18-43(51)44-19-5-10-24-52(44)59/h1-36H. The van der Waals surface area contributed by atoms with Crippen molar-refractivity contribution in [3.8, 4) is 27.9 Å². The van der Waals surface area contributed by atoms with E-state index >= 15 is 0 Å². The number of anilines is 3. The van der Waals surface area contributed by atoms with Gasteiger partial charge in [0.1, 0.15) is 11.2 Å². The van der Waals surface area contributed by atoms with Gasteiger partial charge in [0.05, 0.1) is 28.1 Å². The van der Waals surface area contributed by atoms with Gasteiger partial charge in [-0.2, -0.15) is 0 Å². The summed E-state index contributed by atoms with van der Waals surface area (Å²) in [6.07, 6.45) is 0.